The summed E-state index contributed by atoms with van der Waals surface area (Å²) in [7, 11) is 2.00. The van der Waals surface area contributed by atoms with E-state index in [-0.39, 0.29) is 0 Å². The highest BCUT2D eigenvalue weighted by atomic mass is 32.1. The van der Waals surface area contributed by atoms with E-state index in [1.165, 1.54) is 16.2 Å². The van der Waals surface area contributed by atoms with Crippen molar-refractivity contribution < 1.29 is 4.79 Å². The molecule has 2 heterocycles. The molecule has 0 atom stereocenters. The predicted octanol–water partition coefficient (Wildman–Crippen LogP) is 2.45. The van der Waals surface area contributed by atoms with E-state index in [0.29, 0.717) is 12.3 Å². The molecule has 2 rings (SSSR count). The topological polar surface area (TPSA) is 32.3 Å². The van der Waals surface area contributed by atoms with Crippen molar-refractivity contribution in [2.24, 2.45) is 5.92 Å². The van der Waals surface area contributed by atoms with E-state index < -0.39 is 0 Å². The van der Waals surface area contributed by atoms with E-state index in [0.717, 1.165) is 38.4 Å². The smallest absolute Gasteiger partial charge is 0.227 e. The summed E-state index contributed by atoms with van der Waals surface area (Å²) >= 11 is 1.74. The molecule has 0 aliphatic carbocycles. The highest BCUT2D eigenvalue weighted by Gasteiger charge is 2.22. The molecule has 0 saturated carbocycles. The highest BCUT2D eigenvalue weighted by molar-refractivity contribution is 7.12. The molecule has 1 amide bonds. The molecule has 1 aromatic heterocycles. The fourth-order valence-electron chi connectivity index (χ4n) is 2.66. The number of piperidine rings is 1. The SMILES string of the molecule is CNCCC1CCN(C(=O)Cc2ccc(C)s2)CC1. The van der Waals surface area contributed by atoms with Crippen LogP contribution in [0.15, 0.2) is 12.1 Å². The first-order valence-corrected chi connectivity index (χ1v) is 7.98. The van der Waals surface area contributed by atoms with Crippen LogP contribution in [0.3, 0.4) is 0 Å². The first-order valence-electron chi connectivity index (χ1n) is 7.16. The Hall–Kier alpha value is -0.870. The van der Waals surface area contributed by atoms with Crippen LogP contribution in [0.2, 0.25) is 0 Å². The zero-order chi connectivity index (χ0) is 13.7. The molecule has 0 spiro atoms. The van der Waals surface area contributed by atoms with Crippen molar-refractivity contribution >= 4 is 17.2 Å². The fraction of sp³-hybridized carbons (Fsp3) is 0.667. The molecular formula is C15H24N2OS. The number of hydrogen-bond acceptors (Lipinski definition) is 3. The van der Waals surface area contributed by atoms with Gasteiger partial charge in [0.05, 0.1) is 6.42 Å². The van der Waals surface area contributed by atoms with Crippen LogP contribution >= 0.6 is 11.3 Å². The van der Waals surface area contributed by atoms with Crippen LogP contribution in [0.4, 0.5) is 0 Å². The van der Waals surface area contributed by atoms with E-state index in [2.05, 4.69) is 24.4 Å². The first kappa shape index (κ1) is 14.5. The first-order chi connectivity index (χ1) is 9.19. The number of carbonyl (C=O) groups is 1. The monoisotopic (exact) mass is 280 g/mol. The average molecular weight is 280 g/mol. The summed E-state index contributed by atoms with van der Waals surface area (Å²) < 4.78 is 0. The van der Waals surface area contributed by atoms with Crippen molar-refractivity contribution in [3.63, 3.8) is 0 Å². The number of hydrogen-bond donors (Lipinski definition) is 1. The minimum Gasteiger partial charge on any atom is -0.342 e. The summed E-state index contributed by atoms with van der Waals surface area (Å²) in [6.07, 6.45) is 4.15. The van der Waals surface area contributed by atoms with Gasteiger partial charge in [0, 0.05) is 22.8 Å². The maximum atomic E-state index is 12.2. The lowest BCUT2D eigenvalue weighted by Gasteiger charge is -2.32. The maximum Gasteiger partial charge on any atom is 0.227 e. The average Bonchev–Trinajstić information content (AvgIpc) is 2.82. The van der Waals surface area contributed by atoms with E-state index in [9.17, 15) is 4.79 Å². The highest BCUT2D eigenvalue weighted by Crippen LogP contribution is 2.22. The van der Waals surface area contributed by atoms with E-state index in [1.54, 1.807) is 11.3 Å². The lowest BCUT2D eigenvalue weighted by Crippen LogP contribution is -2.39. The molecule has 1 fully saturated rings. The standard InChI is InChI=1S/C15H24N2OS/c1-12-3-4-14(19-12)11-15(18)17-9-6-13(7-10-17)5-8-16-2/h3-4,13,16H,5-11H2,1-2H3. The Morgan fingerprint density at radius 1 is 1.42 bits per heavy atom. The van der Waals surface area contributed by atoms with Crippen molar-refractivity contribution in [3.8, 4) is 0 Å². The quantitative estimate of drug-likeness (QED) is 0.898. The van der Waals surface area contributed by atoms with Gasteiger partial charge in [-0.2, -0.15) is 0 Å². The minimum absolute atomic E-state index is 0.300. The molecule has 3 nitrogen and oxygen atoms in total. The molecule has 1 N–H and O–H groups in total. The van der Waals surface area contributed by atoms with Gasteiger partial charge in [-0.3, -0.25) is 4.79 Å². The second-order valence-electron chi connectivity index (χ2n) is 5.41. The number of nitrogens with one attached hydrogen (secondary N) is 1. The molecule has 106 valence electrons. The number of amides is 1. The Morgan fingerprint density at radius 3 is 2.74 bits per heavy atom. The number of thiophene rings is 1. The van der Waals surface area contributed by atoms with E-state index in [1.807, 2.05) is 11.9 Å². The minimum atomic E-state index is 0.300. The van der Waals surface area contributed by atoms with E-state index >= 15 is 0 Å². The van der Waals surface area contributed by atoms with Crippen LogP contribution < -0.4 is 5.32 Å². The fourth-order valence-corrected chi connectivity index (χ4v) is 3.54. The molecule has 0 unspecified atom stereocenters. The lowest BCUT2D eigenvalue weighted by atomic mass is 9.93. The summed E-state index contributed by atoms with van der Waals surface area (Å²) in [5.74, 6) is 1.09. The third kappa shape index (κ3) is 4.32. The van der Waals surface area contributed by atoms with Gasteiger partial charge >= 0.3 is 0 Å². The molecule has 1 aliphatic heterocycles. The van der Waals surface area contributed by atoms with Crippen molar-refractivity contribution in [1.82, 2.24) is 10.2 Å². The summed E-state index contributed by atoms with van der Waals surface area (Å²) in [6.45, 7) is 5.06. The van der Waals surface area contributed by atoms with E-state index in [4.69, 9.17) is 0 Å². The van der Waals surface area contributed by atoms with Gasteiger partial charge in [-0.05, 0) is 57.8 Å². The van der Waals surface area contributed by atoms with Crippen molar-refractivity contribution in [1.29, 1.82) is 0 Å². The van der Waals surface area contributed by atoms with Crippen LogP contribution in [-0.4, -0.2) is 37.5 Å². The second-order valence-corrected chi connectivity index (χ2v) is 6.78. The Balaban J connectivity index is 1.76. The third-order valence-corrected chi connectivity index (χ3v) is 4.89. The van der Waals surface area contributed by atoms with Gasteiger partial charge in [0.1, 0.15) is 0 Å². The normalized spacial score (nSPS) is 16.8. The zero-order valence-corrected chi connectivity index (χ0v) is 12.8. The van der Waals surface area contributed by atoms with Crippen LogP contribution in [0.25, 0.3) is 0 Å². The Kier molecular flexibility index (Phi) is 5.40. The van der Waals surface area contributed by atoms with Crippen molar-refractivity contribution in [2.75, 3.05) is 26.7 Å². The van der Waals surface area contributed by atoms with Crippen LogP contribution in [0, 0.1) is 12.8 Å². The van der Waals surface area contributed by atoms with Crippen molar-refractivity contribution in [2.45, 2.75) is 32.6 Å². The Labute approximate surface area is 120 Å². The zero-order valence-electron chi connectivity index (χ0n) is 11.9. The number of aryl methyl sites for hydroxylation is 1. The largest absolute Gasteiger partial charge is 0.342 e. The van der Waals surface area contributed by atoms with Gasteiger partial charge in [-0.15, -0.1) is 11.3 Å². The summed E-state index contributed by atoms with van der Waals surface area (Å²) in [6, 6.07) is 4.18. The Morgan fingerprint density at radius 2 is 2.16 bits per heavy atom. The van der Waals surface area contributed by atoms with Gasteiger partial charge in [-0.25, -0.2) is 0 Å². The van der Waals surface area contributed by atoms with Crippen LogP contribution in [0.5, 0.6) is 0 Å². The second kappa shape index (κ2) is 7.06. The molecule has 1 aliphatic rings. The van der Waals surface area contributed by atoms with Crippen LogP contribution in [-0.2, 0) is 11.2 Å². The molecule has 1 saturated heterocycles. The summed E-state index contributed by atoms with van der Waals surface area (Å²) in [5.41, 5.74) is 0. The molecule has 0 bridgehead atoms. The number of likely N-dealkylation sites (tertiary alicyclic amines) is 1. The summed E-state index contributed by atoms with van der Waals surface area (Å²) in [4.78, 5) is 16.7. The number of carbonyl (C=O) groups excluding carboxylic acids is 1. The maximum absolute atomic E-state index is 12.2. The van der Waals surface area contributed by atoms with Gasteiger partial charge < -0.3 is 10.2 Å². The molecular weight excluding hydrogens is 256 g/mol. The molecule has 4 heteroatoms. The summed E-state index contributed by atoms with van der Waals surface area (Å²) in [5, 5.41) is 3.20. The van der Waals surface area contributed by atoms with Gasteiger partial charge in [0.2, 0.25) is 5.91 Å². The number of rotatable bonds is 5. The van der Waals surface area contributed by atoms with Crippen LogP contribution in [0.1, 0.15) is 29.0 Å². The predicted molar refractivity (Wildman–Crippen MR) is 80.6 cm³/mol. The Bertz CT molecular complexity index is 408. The van der Waals surface area contributed by atoms with Gasteiger partial charge in [0.25, 0.3) is 0 Å². The lowest BCUT2D eigenvalue weighted by molar-refractivity contribution is -0.131. The number of nitrogens with zero attached hydrogens (tertiary/aromatic N) is 1. The molecule has 0 radical (unpaired) electrons. The third-order valence-electron chi connectivity index (χ3n) is 3.89. The van der Waals surface area contributed by atoms with Gasteiger partial charge in [-0.1, -0.05) is 0 Å². The molecule has 1 aromatic rings. The molecule has 0 aromatic carbocycles. The van der Waals surface area contributed by atoms with Gasteiger partial charge in [0.15, 0.2) is 0 Å². The van der Waals surface area contributed by atoms with Crippen molar-refractivity contribution in [3.05, 3.63) is 21.9 Å². The molecule has 19 heavy (non-hydrogen) atoms.